The summed E-state index contributed by atoms with van der Waals surface area (Å²) in [5, 5.41) is 2.89. The maximum Gasteiger partial charge on any atom is 0.251 e. The molecule has 1 aromatic rings. The van der Waals surface area contributed by atoms with Crippen LogP contribution in [-0.2, 0) is 0 Å². The van der Waals surface area contributed by atoms with Crippen molar-refractivity contribution in [2.75, 3.05) is 12.4 Å². The standard InChI is InChI=1S/C13H15ClFNO/c14-8-7-13(5-6-13)9-16-12(17)10-1-3-11(15)4-2-10/h1-4H,5-9H2,(H,16,17). The molecule has 0 unspecified atom stereocenters. The molecule has 0 atom stereocenters. The van der Waals surface area contributed by atoms with Crippen molar-refractivity contribution >= 4 is 17.5 Å². The van der Waals surface area contributed by atoms with Crippen molar-refractivity contribution in [2.24, 2.45) is 5.41 Å². The molecule has 92 valence electrons. The Morgan fingerprint density at radius 1 is 1.35 bits per heavy atom. The van der Waals surface area contributed by atoms with Crippen LogP contribution < -0.4 is 5.32 Å². The Morgan fingerprint density at radius 3 is 2.53 bits per heavy atom. The second-order valence-corrected chi connectivity index (χ2v) is 5.01. The van der Waals surface area contributed by atoms with Gasteiger partial charge in [-0.1, -0.05) is 0 Å². The minimum Gasteiger partial charge on any atom is -0.351 e. The largest absolute Gasteiger partial charge is 0.351 e. The van der Waals surface area contributed by atoms with Gasteiger partial charge in [0.05, 0.1) is 0 Å². The summed E-state index contributed by atoms with van der Waals surface area (Å²) in [5.74, 6) is 0.153. The molecule has 0 radical (unpaired) electrons. The number of carbonyl (C=O) groups excluding carboxylic acids is 1. The minimum absolute atomic E-state index is 0.147. The summed E-state index contributed by atoms with van der Waals surface area (Å²) in [6, 6.07) is 5.57. The zero-order chi connectivity index (χ0) is 12.3. The Morgan fingerprint density at radius 2 is 2.00 bits per heavy atom. The first-order chi connectivity index (χ1) is 8.15. The summed E-state index contributed by atoms with van der Waals surface area (Å²) in [6.07, 6.45) is 3.20. The predicted molar refractivity (Wildman–Crippen MR) is 65.7 cm³/mol. The summed E-state index contributed by atoms with van der Waals surface area (Å²) in [4.78, 5) is 11.8. The Bertz CT molecular complexity index is 400. The van der Waals surface area contributed by atoms with Gasteiger partial charge in [-0.25, -0.2) is 4.39 Å². The van der Waals surface area contributed by atoms with E-state index < -0.39 is 0 Å². The first kappa shape index (κ1) is 12.4. The lowest BCUT2D eigenvalue weighted by Crippen LogP contribution is -2.30. The zero-order valence-corrected chi connectivity index (χ0v) is 10.3. The number of alkyl halides is 1. The third-order valence-corrected chi connectivity index (χ3v) is 3.50. The van der Waals surface area contributed by atoms with Gasteiger partial charge in [-0.15, -0.1) is 11.6 Å². The van der Waals surface area contributed by atoms with Crippen molar-refractivity contribution in [3.63, 3.8) is 0 Å². The lowest BCUT2D eigenvalue weighted by atomic mass is 10.0. The predicted octanol–water partition coefficient (Wildman–Crippen LogP) is 2.96. The van der Waals surface area contributed by atoms with E-state index in [1.54, 1.807) is 0 Å². The van der Waals surface area contributed by atoms with Crippen LogP contribution in [0.5, 0.6) is 0 Å². The third kappa shape index (κ3) is 3.19. The summed E-state index contributed by atoms with van der Waals surface area (Å²) in [7, 11) is 0. The highest BCUT2D eigenvalue weighted by molar-refractivity contribution is 6.17. The normalized spacial score (nSPS) is 16.6. The van der Waals surface area contributed by atoms with Gasteiger partial charge in [-0.2, -0.15) is 0 Å². The van der Waals surface area contributed by atoms with Crippen molar-refractivity contribution in [3.8, 4) is 0 Å². The van der Waals surface area contributed by atoms with Gasteiger partial charge in [0, 0.05) is 18.0 Å². The molecule has 1 aromatic carbocycles. The molecule has 0 aromatic heterocycles. The first-order valence-corrected chi connectivity index (χ1v) is 6.28. The highest BCUT2D eigenvalue weighted by Gasteiger charge is 2.41. The van der Waals surface area contributed by atoms with Gasteiger partial charge < -0.3 is 5.32 Å². The minimum atomic E-state index is -0.331. The number of rotatable bonds is 5. The quantitative estimate of drug-likeness (QED) is 0.806. The number of amides is 1. The Labute approximate surface area is 105 Å². The van der Waals surface area contributed by atoms with Crippen LogP contribution in [0.4, 0.5) is 4.39 Å². The van der Waals surface area contributed by atoms with E-state index in [2.05, 4.69) is 5.32 Å². The van der Waals surface area contributed by atoms with Crippen LogP contribution in [0.3, 0.4) is 0 Å². The topological polar surface area (TPSA) is 29.1 Å². The fourth-order valence-corrected chi connectivity index (χ4v) is 2.26. The molecule has 2 nitrogen and oxygen atoms in total. The van der Waals surface area contributed by atoms with Gasteiger partial charge in [-0.3, -0.25) is 4.79 Å². The van der Waals surface area contributed by atoms with Crippen molar-refractivity contribution in [2.45, 2.75) is 19.3 Å². The molecule has 1 aliphatic carbocycles. The lowest BCUT2D eigenvalue weighted by Gasteiger charge is -2.14. The van der Waals surface area contributed by atoms with Gasteiger partial charge in [0.1, 0.15) is 5.82 Å². The highest BCUT2D eigenvalue weighted by Crippen LogP contribution is 2.48. The molecule has 0 bridgehead atoms. The summed E-state index contributed by atoms with van der Waals surface area (Å²) >= 11 is 5.72. The maximum atomic E-state index is 12.7. The molecule has 0 aliphatic heterocycles. The molecule has 1 N–H and O–H groups in total. The third-order valence-electron chi connectivity index (χ3n) is 3.31. The van der Waals surface area contributed by atoms with Crippen LogP contribution in [0.1, 0.15) is 29.6 Å². The molecule has 2 rings (SSSR count). The van der Waals surface area contributed by atoms with Gasteiger partial charge in [0.2, 0.25) is 0 Å². The average Bonchev–Trinajstić information content (AvgIpc) is 3.08. The Kier molecular flexibility index (Phi) is 3.67. The van der Waals surface area contributed by atoms with Crippen molar-refractivity contribution in [1.82, 2.24) is 5.32 Å². The molecule has 1 aliphatic rings. The Hall–Kier alpha value is -1.09. The summed E-state index contributed by atoms with van der Waals surface area (Å²) in [6.45, 7) is 0.663. The number of carbonyl (C=O) groups is 1. The number of halogens is 2. The van der Waals surface area contributed by atoms with Gasteiger partial charge >= 0.3 is 0 Å². The van der Waals surface area contributed by atoms with Crippen molar-refractivity contribution < 1.29 is 9.18 Å². The van der Waals surface area contributed by atoms with Gasteiger partial charge in [-0.05, 0) is 48.9 Å². The molecule has 1 amide bonds. The molecular formula is C13H15ClFNO. The smallest absolute Gasteiger partial charge is 0.251 e. The molecule has 17 heavy (non-hydrogen) atoms. The highest BCUT2D eigenvalue weighted by atomic mass is 35.5. The van der Waals surface area contributed by atoms with Gasteiger partial charge in [0.15, 0.2) is 0 Å². The van der Waals surface area contributed by atoms with Crippen molar-refractivity contribution in [3.05, 3.63) is 35.6 Å². The number of hydrogen-bond donors (Lipinski definition) is 1. The second-order valence-electron chi connectivity index (χ2n) is 4.63. The fourth-order valence-electron chi connectivity index (χ4n) is 1.86. The summed E-state index contributed by atoms with van der Waals surface area (Å²) < 4.78 is 12.7. The van der Waals surface area contributed by atoms with Crippen LogP contribution in [0.15, 0.2) is 24.3 Å². The lowest BCUT2D eigenvalue weighted by molar-refractivity contribution is 0.0944. The van der Waals surface area contributed by atoms with Crippen LogP contribution >= 0.6 is 11.6 Å². The number of hydrogen-bond acceptors (Lipinski definition) is 1. The van der Waals surface area contributed by atoms with E-state index >= 15 is 0 Å². The Balaban J connectivity index is 1.87. The molecule has 0 spiro atoms. The SMILES string of the molecule is O=C(NCC1(CCCl)CC1)c1ccc(F)cc1. The van der Waals surface area contributed by atoms with E-state index in [0.29, 0.717) is 18.0 Å². The van der Waals surface area contributed by atoms with E-state index in [1.165, 1.54) is 24.3 Å². The van der Waals surface area contributed by atoms with Crippen LogP contribution in [0.2, 0.25) is 0 Å². The molecule has 1 saturated carbocycles. The number of nitrogens with one attached hydrogen (secondary N) is 1. The van der Waals surface area contributed by atoms with E-state index in [0.717, 1.165) is 19.3 Å². The molecule has 1 fully saturated rings. The van der Waals surface area contributed by atoms with Gasteiger partial charge in [0.25, 0.3) is 5.91 Å². The van der Waals surface area contributed by atoms with E-state index in [-0.39, 0.29) is 17.1 Å². The molecule has 0 heterocycles. The van der Waals surface area contributed by atoms with Crippen LogP contribution in [0.25, 0.3) is 0 Å². The molecule has 4 heteroatoms. The maximum absolute atomic E-state index is 12.7. The molecular weight excluding hydrogens is 241 g/mol. The van der Waals surface area contributed by atoms with E-state index in [9.17, 15) is 9.18 Å². The van der Waals surface area contributed by atoms with Crippen LogP contribution in [0, 0.1) is 11.2 Å². The summed E-state index contributed by atoms with van der Waals surface area (Å²) in [5.41, 5.74) is 0.713. The number of benzene rings is 1. The van der Waals surface area contributed by atoms with Crippen LogP contribution in [-0.4, -0.2) is 18.3 Å². The monoisotopic (exact) mass is 255 g/mol. The zero-order valence-electron chi connectivity index (χ0n) is 9.51. The first-order valence-electron chi connectivity index (χ1n) is 5.75. The van der Waals surface area contributed by atoms with E-state index in [4.69, 9.17) is 11.6 Å². The van der Waals surface area contributed by atoms with Crippen molar-refractivity contribution in [1.29, 1.82) is 0 Å². The average molecular weight is 256 g/mol. The molecule has 0 saturated heterocycles. The second kappa shape index (κ2) is 5.05. The van der Waals surface area contributed by atoms with E-state index in [1.807, 2.05) is 0 Å². The fraction of sp³-hybridized carbons (Fsp3) is 0.462.